The van der Waals surface area contributed by atoms with Crippen molar-refractivity contribution in [3.63, 3.8) is 0 Å². The summed E-state index contributed by atoms with van der Waals surface area (Å²) in [5.74, 6) is 1.40. The molecular weight excluding hydrogens is 288 g/mol. The zero-order valence-corrected chi connectivity index (χ0v) is 14.8. The molecule has 23 heavy (non-hydrogen) atoms. The summed E-state index contributed by atoms with van der Waals surface area (Å²) in [6, 6.07) is 6.11. The normalized spacial score (nSPS) is 11.9. The molecule has 0 saturated carbocycles. The summed E-state index contributed by atoms with van der Waals surface area (Å²) in [4.78, 5) is 19.7. The third-order valence-corrected chi connectivity index (χ3v) is 3.59. The quantitative estimate of drug-likeness (QED) is 0.789. The summed E-state index contributed by atoms with van der Waals surface area (Å²) in [7, 11) is 0. The summed E-state index contributed by atoms with van der Waals surface area (Å²) in [6.45, 7) is 11.8. The molecule has 0 atom stereocenters. The van der Waals surface area contributed by atoms with Crippen LogP contribution in [0.2, 0.25) is 0 Å². The van der Waals surface area contributed by atoms with Crippen LogP contribution in [0.5, 0.6) is 0 Å². The largest absolute Gasteiger partial charge is 0.342 e. The van der Waals surface area contributed by atoms with Gasteiger partial charge in [-0.25, -0.2) is 9.78 Å². The van der Waals surface area contributed by atoms with Gasteiger partial charge in [-0.3, -0.25) is 0 Å². The van der Waals surface area contributed by atoms with Gasteiger partial charge in [0.25, 0.3) is 0 Å². The Kier molecular flexibility index (Phi) is 5.29. The van der Waals surface area contributed by atoms with Crippen LogP contribution in [0, 0.1) is 5.41 Å². The summed E-state index contributed by atoms with van der Waals surface area (Å²) in [5, 5.41) is 5.79. The Labute approximate surface area is 138 Å². The first-order valence-electron chi connectivity index (χ1n) is 8.25. The SMILES string of the molecule is CC(C)c1nc2ccc(CCNC(=O)NCC(C)(C)C)cc2[nH]1. The Hall–Kier alpha value is -2.04. The molecule has 2 amide bonds. The summed E-state index contributed by atoms with van der Waals surface area (Å²) in [5.41, 5.74) is 3.33. The summed E-state index contributed by atoms with van der Waals surface area (Å²) >= 11 is 0. The zero-order chi connectivity index (χ0) is 17.0. The van der Waals surface area contributed by atoms with E-state index >= 15 is 0 Å². The van der Waals surface area contributed by atoms with Crippen molar-refractivity contribution < 1.29 is 4.79 Å². The molecule has 0 aliphatic carbocycles. The predicted octanol–water partition coefficient (Wildman–Crippen LogP) is 3.57. The number of fused-ring (bicyclic) bond motifs is 1. The van der Waals surface area contributed by atoms with E-state index in [0.29, 0.717) is 19.0 Å². The van der Waals surface area contributed by atoms with E-state index in [0.717, 1.165) is 23.3 Å². The molecule has 1 aromatic carbocycles. The number of benzene rings is 1. The molecule has 2 rings (SSSR count). The second kappa shape index (κ2) is 7.02. The van der Waals surface area contributed by atoms with Gasteiger partial charge < -0.3 is 15.6 Å². The average molecular weight is 316 g/mol. The van der Waals surface area contributed by atoms with Gasteiger partial charge in [0.1, 0.15) is 5.82 Å². The first-order chi connectivity index (χ1) is 10.7. The van der Waals surface area contributed by atoms with Crippen molar-refractivity contribution in [1.82, 2.24) is 20.6 Å². The molecule has 0 aliphatic heterocycles. The van der Waals surface area contributed by atoms with E-state index in [1.54, 1.807) is 0 Å². The molecule has 1 heterocycles. The number of hydrogen-bond donors (Lipinski definition) is 3. The van der Waals surface area contributed by atoms with Crippen molar-refractivity contribution >= 4 is 17.1 Å². The smallest absolute Gasteiger partial charge is 0.314 e. The van der Waals surface area contributed by atoms with Crippen LogP contribution in [0.1, 0.15) is 51.9 Å². The lowest BCUT2D eigenvalue weighted by atomic mass is 9.97. The van der Waals surface area contributed by atoms with E-state index in [-0.39, 0.29) is 11.4 Å². The third kappa shape index (κ3) is 5.27. The molecule has 0 bridgehead atoms. The van der Waals surface area contributed by atoms with Crippen molar-refractivity contribution in [2.24, 2.45) is 5.41 Å². The summed E-state index contributed by atoms with van der Waals surface area (Å²) < 4.78 is 0. The fraction of sp³-hybridized carbons (Fsp3) is 0.556. The number of hydrogen-bond acceptors (Lipinski definition) is 2. The van der Waals surface area contributed by atoms with Crippen LogP contribution in [-0.4, -0.2) is 29.1 Å². The number of aromatic amines is 1. The number of amides is 2. The summed E-state index contributed by atoms with van der Waals surface area (Å²) in [6.07, 6.45) is 0.801. The lowest BCUT2D eigenvalue weighted by Gasteiger charge is -2.18. The van der Waals surface area contributed by atoms with E-state index in [9.17, 15) is 4.79 Å². The van der Waals surface area contributed by atoms with Crippen LogP contribution in [0.3, 0.4) is 0 Å². The van der Waals surface area contributed by atoms with Gasteiger partial charge in [0.2, 0.25) is 0 Å². The molecule has 5 heteroatoms. The second-order valence-electron chi connectivity index (χ2n) is 7.55. The maximum Gasteiger partial charge on any atom is 0.314 e. The van der Waals surface area contributed by atoms with Crippen molar-refractivity contribution in [2.45, 2.75) is 47.0 Å². The number of nitrogens with one attached hydrogen (secondary N) is 3. The number of nitrogens with zero attached hydrogens (tertiary/aromatic N) is 1. The Balaban J connectivity index is 1.86. The standard InChI is InChI=1S/C18H28N4O/c1-12(2)16-21-14-7-6-13(10-15(14)22-16)8-9-19-17(23)20-11-18(3,4)5/h6-7,10,12H,8-9,11H2,1-5H3,(H,21,22)(H2,19,20,23). The van der Waals surface area contributed by atoms with Gasteiger partial charge in [-0.15, -0.1) is 0 Å². The molecule has 1 aromatic heterocycles. The molecule has 0 saturated heterocycles. The molecule has 0 aliphatic rings. The number of carbonyl (C=O) groups is 1. The van der Waals surface area contributed by atoms with Gasteiger partial charge in [0.05, 0.1) is 11.0 Å². The molecular formula is C18H28N4O. The molecule has 5 nitrogen and oxygen atoms in total. The number of imidazole rings is 1. The molecule has 0 radical (unpaired) electrons. The molecule has 0 spiro atoms. The fourth-order valence-corrected chi connectivity index (χ4v) is 2.23. The van der Waals surface area contributed by atoms with Crippen LogP contribution in [0.4, 0.5) is 4.79 Å². The van der Waals surface area contributed by atoms with Crippen LogP contribution in [0.25, 0.3) is 11.0 Å². The van der Waals surface area contributed by atoms with Gasteiger partial charge >= 0.3 is 6.03 Å². The molecule has 126 valence electrons. The maximum absolute atomic E-state index is 11.7. The number of urea groups is 1. The Morgan fingerprint density at radius 2 is 2.00 bits per heavy atom. The highest BCUT2D eigenvalue weighted by atomic mass is 16.2. The zero-order valence-electron chi connectivity index (χ0n) is 14.8. The van der Waals surface area contributed by atoms with E-state index in [1.807, 2.05) is 6.07 Å². The Bertz CT molecular complexity index is 667. The average Bonchev–Trinajstić information content (AvgIpc) is 2.88. The third-order valence-electron chi connectivity index (χ3n) is 3.59. The maximum atomic E-state index is 11.7. The minimum absolute atomic E-state index is 0.0944. The molecule has 2 aromatic rings. The van der Waals surface area contributed by atoms with Gasteiger partial charge in [-0.2, -0.15) is 0 Å². The van der Waals surface area contributed by atoms with E-state index in [4.69, 9.17) is 0 Å². The first-order valence-corrected chi connectivity index (χ1v) is 8.25. The lowest BCUT2D eigenvalue weighted by molar-refractivity contribution is 0.235. The van der Waals surface area contributed by atoms with Crippen LogP contribution in [0.15, 0.2) is 18.2 Å². The number of rotatable bonds is 5. The van der Waals surface area contributed by atoms with Crippen molar-refractivity contribution in [3.05, 3.63) is 29.6 Å². The minimum atomic E-state index is -0.107. The van der Waals surface area contributed by atoms with E-state index < -0.39 is 0 Å². The van der Waals surface area contributed by atoms with Crippen molar-refractivity contribution in [3.8, 4) is 0 Å². The molecule has 3 N–H and O–H groups in total. The van der Waals surface area contributed by atoms with Crippen molar-refractivity contribution in [2.75, 3.05) is 13.1 Å². The number of carbonyl (C=O) groups excluding carboxylic acids is 1. The van der Waals surface area contributed by atoms with Crippen LogP contribution in [-0.2, 0) is 6.42 Å². The van der Waals surface area contributed by atoms with Crippen LogP contribution < -0.4 is 10.6 Å². The first kappa shape index (κ1) is 17.3. The lowest BCUT2D eigenvalue weighted by Crippen LogP contribution is -2.40. The predicted molar refractivity (Wildman–Crippen MR) is 94.7 cm³/mol. The van der Waals surface area contributed by atoms with E-state index in [2.05, 4.69) is 67.4 Å². The topological polar surface area (TPSA) is 69.8 Å². The van der Waals surface area contributed by atoms with Gasteiger partial charge in [0.15, 0.2) is 0 Å². The van der Waals surface area contributed by atoms with Gasteiger partial charge in [-0.1, -0.05) is 40.7 Å². The fourth-order valence-electron chi connectivity index (χ4n) is 2.23. The Morgan fingerprint density at radius 3 is 2.65 bits per heavy atom. The van der Waals surface area contributed by atoms with E-state index in [1.165, 1.54) is 5.56 Å². The van der Waals surface area contributed by atoms with Crippen molar-refractivity contribution in [1.29, 1.82) is 0 Å². The number of aromatic nitrogens is 2. The highest BCUT2D eigenvalue weighted by molar-refractivity contribution is 5.76. The molecule has 0 unspecified atom stereocenters. The monoisotopic (exact) mass is 316 g/mol. The molecule has 0 fully saturated rings. The second-order valence-corrected chi connectivity index (χ2v) is 7.55. The highest BCUT2D eigenvalue weighted by Gasteiger charge is 2.11. The highest BCUT2D eigenvalue weighted by Crippen LogP contribution is 2.18. The van der Waals surface area contributed by atoms with Crippen LogP contribution >= 0.6 is 0 Å². The van der Waals surface area contributed by atoms with Gasteiger partial charge in [0, 0.05) is 19.0 Å². The van der Waals surface area contributed by atoms with Gasteiger partial charge in [-0.05, 0) is 29.5 Å². The number of H-pyrrole nitrogens is 1. The minimum Gasteiger partial charge on any atom is -0.342 e. The Morgan fingerprint density at radius 1 is 1.26 bits per heavy atom.